The molecule has 0 bridgehead atoms. The largest absolute Gasteiger partial charge is 0.393 e. The average molecular weight is 353 g/mol. The fourth-order valence-corrected chi connectivity index (χ4v) is 3.44. The molecule has 136 valence electrons. The van der Waals surface area contributed by atoms with Crippen LogP contribution >= 0.6 is 0 Å². The molecule has 0 saturated carbocycles. The van der Waals surface area contributed by atoms with Crippen molar-refractivity contribution in [2.75, 3.05) is 6.67 Å². The zero-order valence-electron chi connectivity index (χ0n) is 13.9. The molecule has 0 amide bonds. The molecular formula is C18H22F3N3O. The molecule has 1 aliphatic rings. The Balaban J connectivity index is 1.56. The molecule has 2 atom stereocenters. The molecule has 3 rings (SSSR count). The number of aliphatic hydroxyl groups is 1. The summed E-state index contributed by atoms with van der Waals surface area (Å²) in [6.45, 7) is -0.723. The van der Waals surface area contributed by atoms with E-state index in [0.717, 1.165) is 17.0 Å². The van der Waals surface area contributed by atoms with Gasteiger partial charge in [0.05, 0.1) is 42.7 Å². The van der Waals surface area contributed by atoms with Crippen molar-refractivity contribution in [3.05, 3.63) is 36.5 Å². The summed E-state index contributed by atoms with van der Waals surface area (Å²) in [5.74, 6) is -2.86. The maximum absolute atomic E-state index is 13.5. The first-order chi connectivity index (χ1) is 12.0. The smallest absolute Gasteiger partial charge is 0.248 e. The molecule has 25 heavy (non-hydrogen) atoms. The van der Waals surface area contributed by atoms with Gasteiger partial charge in [0.1, 0.15) is 0 Å². The second-order valence-electron chi connectivity index (χ2n) is 6.57. The van der Waals surface area contributed by atoms with E-state index in [1.165, 1.54) is 0 Å². The van der Waals surface area contributed by atoms with E-state index in [-0.39, 0.29) is 31.7 Å². The van der Waals surface area contributed by atoms with Crippen LogP contribution in [0.5, 0.6) is 0 Å². The third-order valence-corrected chi connectivity index (χ3v) is 4.68. The Bertz CT molecular complexity index is 704. The fraction of sp³-hybridized carbons (Fsp3) is 0.556. The van der Waals surface area contributed by atoms with Gasteiger partial charge in [0, 0.05) is 24.6 Å². The van der Waals surface area contributed by atoms with Gasteiger partial charge in [-0.25, -0.2) is 13.8 Å². The minimum Gasteiger partial charge on any atom is -0.393 e. The number of nitrogens with zero attached hydrogens (tertiary/aromatic N) is 3. The average Bonchev–Trinajstić information content (AvgIpc) is 3.16. The predicted molar refractivity (Wildman–Crippen MR) is 88.2 cm³/mol. The molecule has 1 aliphatic heterocycles. The van der Waals surface area contributed by atoms with Crippen molar-refractivity contribution in [2.45, 2.75) is 56.6 Å². The van der Waals surface area contributed by atoms with Crippen LogP contribution in [0.25, 0.3) is 11.3 Å². The standard InChI is InChI=1S/C18H22F3N3O/c19-8-3-7-18(20,21)6-1-4-13(25)10-15-17-14(5-2-9-23-17)16-11-22-12-24(15)16/h2,5,9,11-13,15,25H,1,3-4,6-8,10H2. The fourth-order valence-electron chi connectivity index (χ4n) is 3.44. The SMILES string of the molecule is OC(CCCC(F)(F)CCCF)CC1c2ncccc2-c2cncn21. The van der Waals surface area contributed by atoms with Gasteiger partial charge < -0.3 is 9.67 Å². The molecule has 7 heteroatoms. The Labute approximate surface area is 144 Å². The number of rotatable bonds is 9. The van der Waals surface area contributed by atoms with Crippen LogP contribution in [-0.2, 0) is 0 Å². The highest BCUT2D eigenvalue weighted by molar-refractivity contribution is 5.66. The summed E-state index contributed by atoms with van der Waals surface area (Å²) >= 11 is 0. The molecular weight excluding hydrogens is 331 g/mol. The van der Waals surface area contributed by atoms with Crippen molar-refractivity contribution < 1.29 is 18.3 Å². The molecule has 0 saturated heterocycles. The van der Waals surface area contributed by atoms with E-state index >= 15 is 0 Å². The Hall–Kier alpha value is -1.89. The third-order valence-electron chi connectivity index (χ3n) is 4.68. The van der Waals surface area contributed by atoms with Crippen LogP contribution in [0.15, 0.2) is 30.9 Å². The van der Waals surface area contributed by atoms with Gasteiger partial charge in [-0.1, -0.05) is 0 Å². The highest BCUT2D eigenvalue weighted by Gasteiger charge is 2.32. The summed E-state index contributed by atoms with van der Waals surface area (Å²) in [4.78, 5) is 8.57. The lowest BCUT2D eigenvalue weighted by Gasteiger charge is -2.20. The minimum atomic E-state index is -2.86. The number of aromatic nitrogens is 3. The molecule has 4 nitrogen and oxygen atoms in total. The van der Waals surface area contributed by atoms with E-state index in [4.69, 9.17) is 0 Å². The van der Waals surface area contributed by atoms with Crippen molar-refractivity contribution >= 4 is 0 Å². The van der Waals surface area contributed by atoms with Gasteiger partial charge in [-0.2, -0.15) is 0 Å². The lowest BCUT2D eigenvalue weighted by atomic mass is 9.99. The summed E-state index contributed by atoms with van der Waals surface area (Å²) in [5, 5.41) is 10.3. The number of halogens is 3. The predicted octanol–water partition coefficient (Wildman–Crippen LogP) is 4.15. The van der Waals surface area contributed by atoms with Gasteiger partial charge in [0.15, 0.2) is 0 Å². The Kier molecular flexibility index (Phi) is 5.42. The Morgan fingerprint density at radius 2 is 2.08 bits per heavy atom. The van der Waals surface area contributed by atoms with Gasteiger partial charge in [0.25, 0.3) is 0 Å². The lowest BCUT2D eigenvalue weighted by molar-refractivity contribution is -0.0240. The van der Waals surface area contributed by atoms with Gasteiger partial charge in [-0.05, 0) is 37.8 Å². The van der Waals surface area contributed by atoms with Gasteiger partial charge in [-0.15, -0.1) is 0 Å². The van der Waals surface area contributed by atoms with E-state index in [2.05, 4.69) is 9.97 Å². The van der Waals surface area contributed by atoms with Crippen LogP contribution < -0.4 is 0 Å². The monoisotopic (exact) mass is 353 g/mol. The molecule has 1 N–H and O–H groups in total. The molecule has 0 aliphatic carbocycles. The molecule has 0 aromatic carbocycles. The topological polar surface area (TPSA) is 50.9 Å². The highest BCUT2D eigenvalue weighted by atomic mass is 19.3. The van der Waals surface area contributed by atoms with Crippen LogP contribution in [-0.4, -0.2) is 38.3 Å². The number of hydrogen-bond acceptors (Lipinski definition) is 3. The van der Waals surface area contributed by atoms with Gasteiger partial charge >= 0.3 is 0 Å². The first kappa shape index (κ1) is 17.9. The van der Waals surface area contributed by atoms with Crippen molar-refractivity contribution in [1.82, 2.24) is 14.5 Å². The lowest BCUT2D eigenvalue weighted by Crippen LogP contribution is -2.19. The molecule has 2 aromatic rings. The second-order valence-corrected chi connectivity index (χ2v) is 6.57. The van der Waals surface area contributed by atoms with E-state index in [9.17, 15) is 18.3 Å². The minimum absolute atomic E-state index is 0.122. The normalized spacial score (nSPS) is 17.4. The van der Waals surface area contributed by atoms with Crippen molar-refractivity contribution in [3.63, 3.8) is 0 Å². The van der Waals surface area contributed by atoms with Crippen LogP contribution in [0.1, 0.15) is 50.3 Å². The van der Waals surface area contributed by atoms with Crippen LogP contribution in [0.2, 0.25) is 0 Å². The zero-order valence-corrected chi connectivity index (χ0v) is 13.9. The van der Waals surface area contributed by atoms with Crippen molar-refractivity contribution in [2.24, 2.45) is 0 Å². The van der Waals surface area contributed by atoms with Crippen LogP contribution in [0, 0.1) is 0 Å². The summed E-state index contributed by atoms with van der Waals surface area (Å²) < 4.78 is 41.1. The number of hydrogen-bond donors (Lipinski definition) is 1. The van der Waals surface area contributed by atoms with Gasteiger partial charge in [0.2, 0.25) is 5.92 Å². The molecule has 2 unspecified atom stereocenters. The molecule has 3 heterocycles. The van der Waals surface area contributed by atoms with Crippen LogP contribution in [0.3, 0.4) is 0 Å². The number of fused-ring (bicyclic) bond motifs is 3. The van der Waals surface area contributed by atoms with Crippen LogP contribution in [0.4, 0.5) is 13.2 Å². The van der Waals surface area contributed by atoms with Crippen molar-refractivity contribution in [1.29, 1.82) is 0 Å². The number of aliphatic hydroxyl groups excluding tert-OH is 1. The quantitative estimate of drug-likeness (QED) is 0.737. The first-order valence-corrected chi connectivity index (χ1v) is 8.61. The number of pyridine rings is 1. The summed E-state index contributed by atoms with van der Waals surface area (Å²) in [7, 11) is 0. The Morgan fingerprint density at radius 3 is 2.88 bits per heavy atom. The first-order valence-electron chi connectivity index (χ1n) is 8.61. The zero-order chi connectivity index (χ0) is 17.9. The van der Waals surface area contributed by atoms with Gasteiger partial charge in [-0.3, -0.25) is 9.37 Å². The number of imidazole rings is 1. The van der Waals surface area contributed by atoms with E-state index in [1.807, 2.05) is 16.7 Å². The molecule has 0 fully saturated rings. The third kappa shape index (κ3) is 4.03. The van der Waals surface area contributed by atoms with E-state index in [0.29, 0.717) is 6.42 Å². The summed E-state index contributed by atoms with van der Waals surface area (Å²) in [6, 6.07) is 3.69. The summed E-state index contributed by atoms with van der Waals surface area (Å²) in [5.41, 5.74) is 2.83. The van der Waals surface area contributed by atoms with Crippen molar-refractivity contribution in [3.8, 4) is 11.3 Å². The van der Waals surface area contributed by atoms with E-state index in [1.54, 1.807) is 18.7 Å². The maximum atomic E-state index is 13.5. The second kappa shape index (κ2) is 7.56. The Morgan fingerprint density at radius 1 is 1.28 bits per heavy atom. The molecule has 0 radical (unpaired) electrons. The summed E-state index contributed by atoms with van der Waals surface area (Å²) in [6.07, 6.45) is 4.50. The number of alkyl halides is 3. The molecule has 0 spiro atoms. The highest BCUT2D eigenvalue weighted by Crippen LogP contribution is 2.40. The maximum Gasteiger partial charge on any atom is 0.248 e. The van der Waals surface area contributed by atoms with E-state index < -0.39 is 25.1 Å². The molecule has 2 aromatic heterocycles.